The van der Waals surface area contributed by atoms with Crippen LogP contribution in [0.2, 0.25) is 19.6 Å². The quantitative estimate of drug-likeness (QED) is 0.576. The Balaban J connectivity index is 1.83. The van der Waals surface area contributed by atoms with E-state index >= 15 is 0 Å². The van der Waals surface area contributed by atoms with Gasteiger partial charge in [-0.05, 0) is 0 Å². The zero-order chi connectivity index (χ0) is 15.4. The molecule has 4 rings (SSSR count). The Labute approximate surface area is 130 Å². The van der Waals surface area contributed by atoms with Crippen LogP contribution in [0, 0.1) is 0 Å². The normalized spacial score (nSPS) is 21.3. The van der Waals surface area contributed by atoms with Crippen LogP contribution in [0.3, 0.4) is 0 Å². The second kappa shape index (κ2) is 4.16. The predicted octanol–water partition coefficient (Wildman–Crippen LogP) is 4.91. The van der Waals surface area contributed by atoms with Gasteiger partial charge in [-0.15, -0.1) is 0 Å². The third-order valence-corrected chi connectivity index (χ3v) is 8.47. The van der Waals surface area contributed by atoms with Gasteiger partial charge >= 0.3 is 130 Å². The summed E-state index contributed by atoms with van der Waals surface area (Å²) in [5.74, 6) is 2.30. The first-order chi connectivity index (χ1) is 10.4. The van der Waals surface area contributed by atoms with E-state index in [9.17, 15) is 0 Å². The molecule has 0 atom stereocenters. The fourth-order valence-corrected chi connectivity index (χ4v) is 8.76. The molecule has 0 aliphatic carbocycles. The Morgan fingerprint density at radius 3 is 1.27 bits per heavy atom. The van der Waals surface area contributed by atoms with Crippen LogP contribution in [-0.2, 0) is 4.21 Å². The number of hydrogen-bond donors (Lipinski definition) is 0. The number of fused-ring (bicyclic) bond motifs is 2. The summed E-state index contributed by atoms with van der Waals surface area (Å²) >= 11 is 0. The molecule has 7 heteroatoms. The van der Waals surface area contributed by atoms with Crippen molar-refractivity contribution >= 4 is 16.1 Å². The molecule has 2 heterocycles. The molecule has 2 aromatic rings. The maximum atomic E-state index is 6.28. The predicted molar refractivity (Wildman–Crippen MR) is 86.7 cm³/mol. The van der Waals surface area contributed by atoms with Gasteiger partial charge in [0, 0.05) is 0 Å². The van der Waals surface area contributed by atoms with Crippen molar-refractivity contribution in [3.8, 4) is 23.0 Å². The Morgan fingerprint density at radius 2 is 1.00 bits per heavy atom. The summed E-state index contributed by atoms with van der Waals surface area (Å²) in [6, 6.07) is 14.8. The van der Waals surface area contributed by atoms with E-state index in [1.54, 1.807) is 0 Å². The van der Waals surface area contributed by atoms with Gasteiger partial charge in [0.1, 0.15) is 0 Å². The molecule has 0 amide bonds. The van der Waals surface area contributed by atoms with E-state index < -0.39 is 16.1 Å². The molecule has 2 aliphatic heterocycles. The van der Waals surface area contributed by atoms with Crippen molar-refractivity contribution in [1.82, 2.24) is 0 Å². The topological polar surface area (TPSA) is 46.2 Å². The molecule has 1 spiro atoms. The first-order valence-electron chi connectivity index (χ1n) is 7.09. The van der Waals surface area contributed by atoms with Crippen LogP contribution in [-0.4, -0.2) is 8.32 Å². The zero-order valence-corrected chi connectivity index (χ0v) is 14.5. The summed E-state index contributed by atoms with van der Waals surface area (Å²) in [5, 5.41) is 0. The summed E-state index contributed by atoms with van der Waals surface area (Å²) < 4.78 is 30.6. The van der Waals surface area contributed by atoms with Crippen LogP contribution in [0.5, 0.6) is 23.0 Å². The molecule has 116 valence electrons. The molecule has 2 aliphatic rings. The van der Waals surface area contributed by atoms with E-state index in [1.807, 2.05) is 68.2 Å². The first kappa shape index (κ1) is 13.9. The Kier molecular flexibility index (Phi) is 2.62. The van der Waals surface area contributed by atoms with Crippen molar-refractivity contribution in [2.45, 2.75) is 19.6 Å². The number of rotatable bonds is 2. The second-order valence-corrected chi connectivity index (χ2v) is 13.4. The van der Waals surface area contributed by atoms with Gasteiger partial charge in [-0.1, -0.05) is 0 Å². The number of hydrogen-bond acceptors (Lipinski definition) is 5. The molecule has 0 fully saturated rings. The van der Waals surface area contributed by atoms with Crippen molar-refractivity contribution in [3.05, 3.63) is 48.5 Å². The van der Waals surface area contributed by atoms with Gasteiger partial charge < -0.3 is 0 Å². The van der Waals surface area contributed by atoms with E-state index in [-0.39, 0.29) is 0 Å². The Hall–Kier alpha value is -1.75. The van der Waals surface area contributed by atoms with Crippen molar-refractivity contribution in [3.63, 3.8) is 0 Å². The molecule has 0 aromatic heterocycles. The zero-order valence-electron chi connectivity index (χ0n) is 12.6. The van der Waals surface area contributed by atoms with Crippen LogP contribution < -0.4 is 18.1 Å². The third-order valence-electron chi connectivity index (χ3n) is 3.11. The SMILES string of the molecule is C[Si](C)(C)OP12(Oc3ccccc3O1)Oc1ccccc1O2. The van der Waals surface area contributed by atoms with Gasteiger partial charge in [0.15, 0.2) is 0 Å². The summed E-state index contributed by atoms with van der Waals surface area (Å²) in [6.07, 6.45) is 0. The minimum absolute atomic E-state index is 0.575. The summed E-state index contributed by atoms with van der Waals surface area (Å²) in [4.78, 5) is 0. The van der Waals surface area contributed by atoms with Crippen molar-refractivity contribution in [2.75, 3.05) is 0 Å². The summed E-state index contributed by atoms with van der Waals surface area (Å²) in [5.41, 5.74) is 0. The third kappa shape index (κ3) is 2.07. The molecular weight excluding hydrogens is 319 g/mol. The molecule has 0 N–H and O–H groups in total. The van der Waals surface area contributed by atoms with Gasteiger partial charge in [0.05, 0.1) is 0 Å². The Morgan fingerprint density at radius 1 is 0.682 bits per heavy atom. The molecule has 0 radical (unpaired) electrons. The molecule has 0 saturated carbocycles. The van der Waals surface area contributed by atoms with E-state index in [0.717, 1.165) is 0 Å². The molecular formula is C15H17O5PSi. The average Bonchev–Trinajstić information content (AvgIpc) is 2.89. The number of para-hydroxylation sites is 4. The fourth-order valence-electron chi connectivity index (χ4n) is 2.48. The van der Waals surface area contributed by atoms with Crippen LogP contribution in [0.15, 0.2) is 48.5 Å². The van der Waals surface area contributed by atoms with Gasteiger partial charge in [0.25, 0.3) is 0 Å². The maximum absolute atomic E-state index is 6.28. The van der Waals surface area contributed by atoms with Crippen LogP contribution >= 0.6 is 7.74 Å². The van der Waals surface area contributed by atoms with Gasteiger partial charge in [-0.2, -0.15) is 0 Å². The first-order valence-corrected chi connectivity index (χ1v) is 12.3. The molecule has 0 saturated heterocycles. The van der Waals surface area contributed by atoms with E-state index in [2.05, 4.69) is 0 Å². The van der Waals surface area contributed by atoms with Gasteiger partial charge in [0.2, 0.25) is 0 Å². The average molecular weight is 336 g/mol. The monoisotopic (exact) mass is 336 g/mol. The van der Waals surface area contributed by atoms with Gasteiger partial charge in [-0.3, -0.25) is 0 Å². The van der Waals surface area contributed by atoms with Crippen molar-refractivity contribution < 1.29 is 22.3 Å². The molecule has 0 unspecified atom stereocenters. The van der Waals surface area contributed by atoms with E-state index in [4.69, 9.17) is 22.3 Å². The second-order valence-electron chi connectivity index (χ2n) is 6.21. The summed E-state index contributed by atoms with van der Waals surface area (Å²) in [6.45, 7) is 6.12. The van der Waals surface area contributed by atoms with Crippen LogP contribution in [0.4, 0.5) is 0 Å². The Bertz CT molecular complexity index is 645. The minimum atomic E-state index is -4.19. The number of benzene rings is 2. The summed E-state index contributed by atoms with van der Waals surface area (Å²) in [7, 11) is -6.28. The van der Waals surface area contributed by atoms with E-state index in [1.165, 1.54) is 0 Å². The van der Waals surface area contributed by atoms with Crippen LogP contribution in [0.1, 0.15) is 0 Å². The standard InChI is InChI=1S/C15H17O5PSi/c1-22(2,3)20-21(16-12-8-4-5-9-13(12)17-21)18-14-10-6-7-11-15(14)19-21/h4-11H,1-3H3. The molecule has 22 heavy (non-hydrogen) atoms. The van der Waals surface area contributed by atoms with Crippen LogP contribution in [0.25, 0.3) is 0 Å². The fraction of sp³-hybridized carbons (Fsp3) is 0.200. The van der Waals surface area contributed by atoms with Crippen molar-refractivity contribution in [1.29, 1.82) is 0 Å². The molecule has 5 nitrogen and oxygen atoms in total. The molecule has 2 aromatic carbocycles. The van der Waals surface area contributed by atoms with Crippen molar-refractivity contribution in [2.24, 2.45) is 0 Å². The van der Waals surface area contributed by atoms with E-state index in [0.29, 0.717) is 23.0 Å². The molecule has 0 bridgehead atoms. The van der Waals surface area contributed by atoms with Gasteiger partial charge in [-0.25, -0.2) is 0 Å².